The number of carbonyl (C=O) groups is 1. The van der Waals surface area contributed by atoms with Crippen molar-refractivity contribution in [2.75, 3.05) is 25.7 Å². The fourth-order valence-corrected chi connectivity index (χ4v) is 3.34. The molecule has 0 fully saturated rings. The molecule has 1 aliphatic heterocycles. The fourth-order valence-electron chi connectivity index (χ4n) is 3.34. The van der Waals surface area contributed by atoms with Gasteiger partial charge in [0.05, 0.1) is 7.11 Å². The van der Waals surface area contributed by atoms with E-state index in [0.29, 0.717) is 11.5 Å². The van der Waals surface area contributed by atoms with Gasteiger partial charge in [0.2, 0.25) is 0 Å². The third kappa shape index (κ3) is 3.12. The van der Waals surface area contributed by atoms with Crippen molar-refractivity contribution in [1.29, 1.82) is 0 Å². The number of anilines is 1. The molecule has 0 aliphatic carbocycles. The van der Waals surface area contributed by atoms with E-state index >= 15 is 0 Å². The van der Waals surface area contributed by atoms with Crippen molar-refractivity contribution in [1.82, 2.24) is 0 Å². The van der Waals surface area contributed by atoms with Crippen LogP contribution in [0, 0.1) is 0 Å². The Morgan fingerprint density at radius 3 is 2.40 bits per heavy atom. The third-order valence-electron chi connectivity index (χ3n) is 4.68. The molecule has 0 amide bonds. The van der Waals surface area contributed by atoms with Crippen LogP contribution in [0.1, 0.15) is 19.4 Å². The molecule has 25 heavy (non-hydrogen) atoms. The number of methoxy groups -OCH3 is 1. The van der Waals surface area contributed by atoms with Gasteiger partial charge >= 0.3 is 0 Å². The summed E-state index contributed by atoms with van der Waals surface area (Å²) in [6, 6.07) is 15.6. The van der Waals surface area contributed by atoms with Crippen LogP contribution in [0.25, 0.3) is 0 Å². The summed E-state index contributed by atoms with van der Waals surface area (Å²) < 4.78 is 10.9. The van der Waals surface area contributed by atoms with E-state index in [-0.39, 0.29) is 17.8 Å². The molecule has 0 saturated carbocycles. The minimum Gasteiger partial charge on any atom is -0.493 e. The number of para-hydroxylation sites is 3. The molecule has 0 radical (unpaired) electrons. The Labute approximate surface area is 148 Å². The minimum absolute atomic E-state index is 0.0237. The van der Waals surface area contributed by atoms with Gasteiger partial charge in [-0.15, -0.1) is 0 Å². The van der Waals surface area contributed by atoms with Gasteiger partial charge in [0.25, 0.3) is 0 Å². The molecule has 0 aromatic heterocycles. The number of fused-ring (bicyclic) bond motifs is 1. The van der Waals surface area contributed by atoms with Gasteiger partial charge in [0.1, 0.15) is 0 Å². The van der Waals surface area contributed by atoms with Crippen molar-refractivity contribution in [3.8, 4) is 11.5 Å². The van der Waals surface area contributed by atoms with Crippen molar-refractivity contribution in [3.05, 3.63) is 65.9 Å². The first-order valence-corrected chi connectivity index (χ1v) is 8.29. The van der Waals surface area contributed by atoms with Crippen LogP contribution in [0.2, 0.25) is 0 Å². The highest BCUT2D eigenvalue weighted by atomic mass is 16.5. The van der Waals surface area contributed by atoms with E-state index in [9.17, 15) is 4.79 Å². The van der Waals surface area contributed by atoms with Gasteiger partial charge in [-0.1, -0.05) is 44.2 Å². The zero-order valence-corrected chi connectivity index (χ0v) is 15.1. The van der Waals surface area contributed by atoms with Crippen molar-refractivity contribution < 1.29 is 14.3 Å². The summed E-state index contributed by atoms with van der Waals surface area (Å²) in [5.41, 5.74) is 3.12. The zero-order valence-electron chi connectivity index (χ0n) is 15.1. The number of hydrogen-bond donors (Lipinski definition) is 0. The number of nitrogens with zero attached hydrogens (tertiary/aromatic N) is 1. The zero-order chi connectivity index (χ0) is 18.0. The van der Waals surface area contributed by atoms with Crippen LogP contribution in [-0.4, -0.2) is 26.5 Å². The number of allylic oxidation sites excluding steroid dienone is 1. The molecule has 0 atom stereocenters. The lowest BCUT2D eigenvalue weighted by Gasteiger charge is -2.24. The van der Waals surface area contributed by atoms with E-state index in [2.05, 4.69) is 30.9 Å². The SMILES string of the molecule is COc1ccccc1OCC(=O)C=C1N(C)c2ccccc2C1(C)C. The van der Waals surface area contributed by atoms with Crippen molar-refractivity contribution >= 4 is 11.5 Å². The molecule has 2 aromatic carbocycles. The quantitative estimate of drug-likeness (QED) is 0.774. The molecule has 2 aromatic rings. The highest BCUT2D eigenvalue weighted by Crippen LogP contribution is 2.46. The molecule has 0 N–H and O–H groups in total. The number of likely N-dealkylation sites (N-methyl/N-ethyl adjacent to an activating group) is 1. The first kappa shape index (κ1) is 17.1. The smallest absolute Gasteiger partial charge is 0.194 e. The largest absolute Gasteiger partial charge is 0.493 e. The van der Waals surface area contributed by atoms with E-state index in [1.54, 1.807) is 19.3 Å². The van der Waals surface area contributed by atoms with Crippen LogP contribution in [0.3, 0.4) is 0 Å². The number of carbonyl (C=O) groups excluding carboxylic acids is 1. The lowest BCUT2D eigenvalue weighted by atomic mass is 9.83. The van der Waals surface area contributed by atoms with Crippen LogP contribution < -0.4 is 14.4 Å². The lowest BCUT2D eigenvalue weighted by Crippen LogP contribution is -2.25. The Balaban J connectivity index is 1.78. The summed E-state index contributed by atoms with van der Waals surface area (Å²) in [4.78, 5) is 14.6. The van der Waals surface area contributed by atoms with E-state index in [0.717, 1.165) is 11.4 Å². The van der Waals surface area contributed by atoms with Crippen LogP contribution in [0.5, 0.6) is 11.5 Å². The Morgan fingerprint density at radius 1 is 1.08 bits per heavy atom. The van der Waals surface area contributed by atoms with E-state index < -0.39 is 0 Å². The van der Waals surface area contributed by atoms with Gasteiger partial charge in [0, 0.05) is 29.9 Å². The monoisotopic (exact) mass is 337 g/mol. The van der Waals surface area contributed by atoms with Crippen molar-refractivity contribution in [2.24, 2.45) is 0 Å². The van der Waals surface area contributed by atoms with Gasteiger partial charge < -0.3 is 14.4 Å². The van der Waals surface area contributed by atoms with Crippen LogP contribution in [-0.2, 0) is 10.2 Å². The molecule has 0 unspecified atom stereocenters. The summed E-state index contributed by atoms with van der Waals surface area (Å²) in [6.45, 7) is 4.25. The Morgan fingerprint density at radius 2 is 1.72 bits per heavy atom. The van der Waals surface area contributed by atoms with E-state index in [4.69, 9.17) is 9.47 Å². The second kappa shape index (κ2) is 6.63. The number of rotatable bonds is 5. The van der Waals surface area contributed by atoms with Crippen LogP contribution >= 0.6 is 0 Å². The Kier molecular flexibility index (Phi) is 4.53. The predicted molar refractivity (Wildman–Crippen MR) is 99.5 cm³/mol. The average Bonchev–Trinajstić information content (AvgIpc) is 2.81. The van der Waals surface area contributed by atoms with Crippen molar-refractivity contribution in [3.63, 3.8) is 0 Å². The first-order valence-electron chi connectivity index (χ1n) is 8.29. The molecule has 0 spiro atoms. The highest BCUT2D eigenvalue weighted by Gasteiger charge is 2.38. The number of ether oxygens (including phenoxy) is 2. The molecule has 4 heteroatoms. The second-order valence-electron chi connectivity index (χ2n) is 6.64. The summed E-state index contributed by atoms with van der Waals surface area (Å²) in [5.74, 6) is 1.11. The number of hydrogen-bond acceptors (Lipinski definition) is 4. The van der Waals surface area contributed by atoms with E-state index in [1.807, 2.05) is 37.4 Å². The van der Waals surface area contributed by atoms with Crippen LogP contribution in [0.15, 0.2) is 60.3 Å². The van der Waals surface area contributed by atoms with Gasteiger partial charge in [-0.05, 0) is 23.8 Å². The molecule has 130 valence electrons. The third-order valence-corrected chi connectivity index (χ3v) is 4.68. The fraction of sp³-hybridized carbons (Fsp3) is 0.286. The molecular formula is C21H23NO3. The predicted octanol–water partition coefficient (Wildman–Crippen LogP) is 3.95. The highest BCUT2D eigenvalue weighted by molar-refractivity contribution is 5.93. The summed E-state index contributed by atoms with van der Waals surface area (Å²) in [6.07, 6.45) is 1.69. The molecule has 4 nitrogen and oxygen atoms in total. The van der Waals surface area contributed by atoms with Crippen molar-refractivity contribution in [2.45, 2.75) is 19.3 Å². The molecular weight excluding hydrogens is 314 g/mol. The maximum absolute atomic E-state index is 12.5. The Hall–Kier alpha value is -2.75. The summed E-state index contributed by atoms with van der Waals surface area (Å²) in [7, 11) is 3.58. The van der Waals surface area contributed by atoms with Gasteiger partial charge in [-0.25, -0.2) is 0 Å². The first-order chi connectivity index (χ1) is 11.9. The average molecular weight is 337 g/mol. The second-order valence-corrected chi connectivity index (χ2v) is 6.64. The van der Waals surface area contributed by atoms with Gasteiger partial charge in [-0.3, -0.25) is 4.79 Å². The lowest BCUT2D eigenvalue weighted by molar-refractivity contribution is -0.116. The Bertz CT molecular complexity index is 823. The van der Waals surface area contributed by atoms with E-state index in [1.165, 1.54) is 5.56 Å². The molecule has 0 bridgehead atoms. The number of ketones is 1. The van der Waals surface area contributed by atoms with Gasteiger partial charge in [-0.2, -0.15) is 0 Å². The number of benzene rings is 2. The summed E-state index contributed by atoms with van der Waals surface area (Å²) >= 11 is 0. The molecule has 1 aliphatic rings. The molecule has 1 heterocycles. The minimum atomic E-state index is -0.217. The topological polar surface area (TPSA) is 38.8 Å². The maximum atomic E-state index is 12.5. The normalized spacial score (nSPS) is 16.6. The standard InChI is InChI=1S/C21H23NO3/c1-21(2)16-9-5-6-10-17(16)22(3)20(21)13-15(23)14-25-19-12-8-7-11-18(19)24-4/h5-13H,14H2,1-4H3. The van der Waals surface area contributed by atoms with Crippen LogP contribution in [0.4, 0.5) is 5.69 Å². The van der Waals surface area contributed by atoms with Gasteiger partial charge in [0.15, 0.2) is 23.9 Å². The summed E-state index contributed by atoms with van der Waals surface area (Å²) in [5, 5.41) is 0. The molecule has 0 saturated heterocycles. The maximum Gasteiger partial charge on any atom is 0.194 e. The molecule has 3 rings (SSSR count).